The maximum absolute atomic E-state index is 13.5. The first-order valence-electron chi connectivity index (χ1n) is 12.4. The van der Waals surface area contributed by atoms with Crippen molar-refractivity contribution in [3.8, 4) is 17.2 Å². The van der Waals surface area contributed by atoms with E-state index in [-0.39, 0.29) is 16.5 Å². The van der Waals surface area contributed by atoms with Crippen LogP contribution in [0.4, 0.5) is 5.13 Å². The number of aromatic nitrogens is 2. The molecule has 3 aromatic carbocycles. The summed E-state index contributed by atoms with van der Waals surface area (Å²) in [6.07, 6.45) is 0. The van der Waals surface area contributed by atoms with Gasteiger partial charge in [-0.05, 0) is 41.5 Å². The number of anilines is 1. The molecule has 1 aromatic heterocycles. The monoisotopic (exact) mass is 573 g/mol. The van der Waals surface area contributed by atoms with Crippen molar-refractivity contribution in [2.24, 2.45) is 0 Å². The van der Waals surface area contributed by atoms with Crippen molar-refractivity contribution in [2.75, 3.05) is 25.2 Å². The van der Waals surface area contributed by atoms with Gasteiger partial charge in [0.15, 0.2) is 15.8 Å². The van der Waals surface area contributed by atoms with Crippen molar-refractivity contribution in [3.05, 3.63) is 95.1 Å². The van der Waals surface area contributed by atoms with Crippen molar-refractivity contribution in [1.29, 1.82) is 0 Å². The zero-order chi connectivity index (χ0) is 27.6. The number of thioether (sulfide) groups is 1. The molecule has 0 saturated carbocycles. The molecule has 40 heavy (non-hydrogen) atoms. The van der Waals surface area contributed by atoms with Gasteiger partial charge < -0.3 is 19.3 Å². The standard InChI is InChI=1S/C29H23N3O6S2/c1-36-20-10-7-18(8-11-20)24-23(25(33)19-9-12-21-22(15-19)38-14-13-37-21)26(34)27(35)32(24)28-30-31-29(40-28)39-16-17-5-3-2-4-6-17/h2-12,15,24,33H,13-14,16H2,1H3/b25-23-. The summed E-state index contributed by atoms with van der Waals surface area (Å²) in [6.45, 7) is 0.795. The molecule has 1 atom stereocenters. The largest absolute Gasteiger partial charge is 0.507 e. The Morgan fingerprint density at radius 3 is 2.52 bits per heavy atom. The molecular weight excluding hydrogens is 550 g/mol. The van der Waals surface area contributed by atoms with E-state index in [1.807, 2.05) is 30.3 Å². The predicted octanol–water partition coefficient (Wildman–Crippen LogP) is 5.24. The summed E-state index contributed by atoms with van der Waals surface area (Å²) in [6, 6.07) is 20.9. The number of aliphatic hydroxyl groups excluding tert-OH is 1. The van der Waals surface area contributed by atoms with Crippen LogP contribution in [0.15, 0.2) is 82.7 Å². The Morgan fingerprint density at radius 2 is 1.77 bits per heavy atom. The highest BCUT2D eigenvalue weighted by Crippen LogP contribution is 2.45. The number of Topliss-reactive ketones (excluding diaryl/α,β-unsaturated/α-hetero) is 1. The van der Waals surface area contributed by atoms with Crippen molar-refractivity contribution in [2.45, 2.75) is 16.1 Å². The maximum atomic E-state index is 13.5. The van der Waals surface area contributed by atoms with Crippen LogP contribution in [-0.4, -0.2) is 47.3 Å². The normalized spacial score (nSPS) is 17.7. The second kappa shape index (κ2) is 11.0. The summed E-state index contributed by atoms with van der Waals surface area (Å²) in [7, 11) is 1.55. The molecule has 0 radical (unpaired) electrons. The van der Waals surface area contributed by atoms with E-state index in [1.54, 1.807) is 49.6 Å². The molecule has 1 fully saturated rings. The molecule has 1 unspecified atom stereocenters. The number of methoxy groups -OCH3 is 1. The second-order valence-corrected chi connectivity index (χ2v) is 11.1. The van der Waals surface area contributed by atoms with Crippen LogP contribution in [0.3, 0.4) is 0 Å². The summed E-state index contributed by atoms with van der Waals surface area (Å²) < 4.78 is 17.2. The number of hydrogen-bond acceptors (Lipinski definition) is 10. The predicted molar refractivity (Wildman–Crippen MR) is 151 cm³/mol. The van der Waals surface area contributed by atoms with Gasteiger partial charge in [0.25, 0.3) is 5.78 Å². The first-order chi connectivity index (χ1) is 19.5. The lowest BCUT2D eigenvalue weighted by Crippen LogP contribution is -2.29. The Labute approximate surface area is 238 Å². The average molecular weight is 574 g/mol. The molecule has 0 aliphatic carbocycles. The molecule has 202 valence electrons. The Kier molecular flexibility index (Phi) is 7.14. The highest BCUT2D eigenvalue weighted by atomic mass is 32.2. The van der Waals surface area contributed by atoms with E-state index >= 15 is 0 Å². The topological polar surface area (TPSA) is 111 Å². The van der Waals surface area contributed by atoms with Crippen molar-refractivity contribution in [1.82, 2.24) is 10.2 Å². The summed E-state index contributed by atoms with van der Waals surface area (Å²) in [4.78, 5) is 28.3. The Balaban J connectivity index is 1.40. The lowest BCUT2D eigenvalue weighted by molar-refractivity contribution is -0.132. The molecule has 0 bridgehead atoms. The first kappa shape index (κ1) is 25.9. The van der Waals surface area contributed by atoms with Crippen LogP contribution in [0.1, 0.15) is 22.7 Å². The number of amides is 1. The zero-order valence-corrected chi connectivity index (χ0v) is 22.9. The molecule has 6 rings (SSSR count). The molecule has 1 saturated heterocycles. The van der Waals surface area contributed by atoms with Crippen molar-refractivity contribution in [3.63, 3.8) is 0 Å². The minimum absolute atomic E-state index is 0.0551. The average Bonchev–Trinajstić information content (AvgIpc) is 3.57. The smallest absolute Gasteiger partial charge is 0.301 e. The lowest BCUT2D eigenvalue weighted by Gasteiger charge is -2.23. The summed E-state index contributed by atoms with van der Waals surface area (Å²) in [5.74, 6) is 0.363. The minimum Gasteiger partial charge on any atom is -0.507 e. The van der Waals surface area contributed by atoms with Gasteiger partial charge in [0.05, 0.1) is 18.7 Å². The first-order valence-corrected chi connectivity index (χ1v) is 14.2. The van der Waals surface area contributed by atoms with Crippen LogP contribution in [0.5, 0.6) is 17.2 Å². The molecule has 2 aliphatic heterocycles. The number of rotatable bonds is 7. The van der Waals surface area contributed by atoms with Crippen LogP contribution in [0, 0.1) is 0 Å². The number of benzene rings is 3. The van der Waals surface area contributed by atoms with Crippen LogP contribution in [0.25, 0.3) is 5.76 Å². The number of carbonyl (C=O) groups excluding carboxylic acids is 2. The Bertz CT molecular complexity index is 1600. The fourth-order valence-corrected chi connectivity index (χ4v) is 6.38. The van der Waals surface area contributed by atoms with Gasteiger partial charge in [0.2, 0.25) is 5.13 Å². The van der Waals surface area contributed by atoms with Gasteiger partial charge in [-0.2, -0.15) is 0 Å². The fourth-order valence-electron chi connectivity index (χ4n) is 4.56. The summed E-state index contributed by atoms with van der Waals surface area (Å²) in [5, 5.41) is 20.2. The number of ether oxygens (including phenoxy) is 3. The van der Waals surface area contributed by atoms with Gasteiger partial charge >= 0.3 is 5.91 Å². The fraction of sp³-hybridized carbons (Fsp3) is 0.172. The third kappa shape index (κ3) is 4.89. The molecule has 4 aromatic rings. The zero-order valence-electron chi connectivity index (χ0n) is 21.3. The van der Waals surface area contributed by atoms with Gasteiger partial charge in [0.1, 0.15) is 24.7 Å². The molecule has 1 amide bonds. The molecule has 9 nitrogen and oxygen atoms in total. The Hall–Kier alpha value is -4.35. The number of fused-ring (bicyclic) bond motifs is 1. The molecule has 0 spiro atoms. The van der Waals surface area contributed by atoms with Crippen LogP contribution in [0.2, 0.25) is 0 Å². The van der Waals surface area contributed by atoms with Gasteiger partial charge in [0, 0.05) is 11.3 Å². The molecule has 11 heteroatoms. The molecular formula is C29H23N3O6S2. The van der Waals surface area contributed by atoms with E-state index in [0.717, 1.165) is 5.56 Å². The Morgan fingerprint density at radius 1 is 1.02 bits per heavy atom. The number of hydrogen-bond donors (Lipinski definition) is 1. The van der Waals surface area contributed by atoms with Crippen molar-refractivity contribution < 1.29 is 28.9 Å². The van der Waals surface area contributed by atoms with Gasteiger partial charge in [-0.25, -0.2) is 0 Å². The number of carbonyl (C=O) groups is 2. The SMILES string of the molecule is COc1ccc(C2/C(=C(/O)c3ccc4c(c3)OCCO4)C(=O)C(=O)N2c2nnc(SCc3ccccc3)s2)cc1. The van der Waals surface area contributed by atoms with E-state index in [0.29, 0.717) is 51.7 Å². The molecule has 3 heterocycles. The number of ketones is 1. The van der Waals surface area contributed by atoms with E-state index in [9.17, 15) is 14.7 Å². The van der Waals surface area contributed by atoms with Crippen LogP contribution < -0.4 is 19.1 Å². The molecule has 2 aliphatic rings. The maximum Gasteiger partial charge on any atom is 0.301 e. The third-order valence-electron chi connectivity index (χ3n) is 6.50. The van der Waals surface area contributed by atoms with Gasteiger partial charge in [-0.3, -0.25) is 14.5 Å². The van der Waals surface area contributed by atoms with E-state index in [4.69, 9.17) is 14.2 Å². The number of nitrogens with zero attached hydrogens (tertiary/aromatic N) is 3. The number of aliphatic hydroxyl groups is 1. The highest BCUT2D eigenvalue weighted by Gasteiger charge is 2.48. The van der Waals surface area contributed by atoms with Crippen molar-refractivity contribution >= 4 is 45.7 Å². The van der Waals surface area contributed by atoms with Gasteiger partial charge in [-0.15, -0.1) is 10.2 Å². The lowest BCUT2D eigenvalue weighted by atomic mass is 9.95. The van der Waals surface area contributed by atoms with Crippen LogP contribution >= 0.6 is 23.1 Å². The van der Waals surface area contributed by atoms with Crippen LogP contribution in [-0.2, 0) is 15.3 Å². The third-order valence-corrected chi connectivity index (χ3v) is 8.63. The highest BCUT2D eigenvalue weighted by molar-refractivity contribution is 8.00. The minimum atomic E-state index is -0.931. The molecule has 1 N–H and O–H groups in total. The second-order valence-electron chi connectivity index (χ2n) is 8.93. The summed E-state index contributed by atoms with van der Waals surface area (Å²) >= 11 is 2.71. The van der Waals surface area contributed by atoms with E-state index < -0.39 is 17.7 Å². The quantitative estimate of drug-likeness (QED) is 0.104. The van der Waals surface area contributed by atoms with E-state index in [1.165, 1.54) is 28.0 Å². The van der Waals surface area contributed by atoms with Gasteiger partial charge in [-0.1, -0.05) is 65.6 Å². The van der Waals surface area contributed by atoms with E-state index in [2.05, 4.69) is 10.2 Å². The summed E-state index contributed by atoms with van der Waals surface area (Å²) in [5.41, 5.74) is 2.01.